The number of hydrogen-bond donors (Lipinski definition) is 2. The molecule has 0 unspecified atom stereocenters. The highest BCUT2D eigenvalue weighted by Gasteiger charge is 2.74. The van der Waals surface area contributed by atoms with Crippen LogP contribution in [0.15, 0.2) is 78.9 Å². The molecule has 6 rings (SSSR count). The maximum absolute atomic E-state index is 14.7. The van der Waals surface area contributed by atoms with Crippen LogP contribution in [0, 0.1) is 11.8 Å². The molecule has 4 aliphatic rings. The van der Waals surface area contributed by atoms with Crippen LogP contribution in [-0.2, 0) is 28.7 Å². The van der Waals surface area contributed by atoms with Gasteiger partial charge in [-0.1, -0.05) is 66.2 Å². The van der Waals surface area contributed by atoms with E-state index in [1.54, 1.807) is 56.3 Å². The maximum Gasteiger partial charge on any atom is 0.313 e. The number of carbonyl (C=O) groups is 4. The van der Waals surface area contributed by atoms with Gasteiger partial charge in [0, 0.05) is 23.7 Å². The first-order chi connectivity index (χ1) is 21.7. The highest BCUT2D eigenvalue weighted by atomic mass is 35.5. The largest absolute Gasteiger partial charge is 0.455 e. The molecule has 4 aliphatic heterocycles. The van der Waals surface area contributed by atoms with E-state index in [-0.39, 0.29) is 18.9 Å². The van der Waals surface area contributed by atoms with E-state index in [9.17, 15) is 24.3 Å². The van der Waals surface area contributed by atoms with Crippen LogP contribution in [-0.4, -0.2) is 76.7 Å². The van der Waals surface area contributed by atoms with Gasteiger partial charge in [0.05, 0.1) is 30.7 Å². The summed E-state index contributed by atoms with van der Waals surface area (Å²) in [6, 6.07) is 13.4. The number of fused-ring (bicyclic) bond motifs is 2. The summed E-state index contributed by atoms with van der Waals surface area (Å²) >= 11 is 6.15. The van der Waals surface area contributed by atoms with Crippen molar-refractivity contribution in [1.29, 1.82) is 0 Å². The molecular formula is C34H36ClN3O7. The molecular weight excluding hydrogens is 598 g/mol. The average molecular weight is 634 g/mol. The summed E-state index contributed by atoms with van der Waals surface area (Å²) in [6.07, 6.45) is 6.04. The van der Waals surface area contributed by atoms with Gasteiger partial charge in [0.2, 0.25) is 11.8 Å². The van der Waals surface area contributed by atoms with Crippen LogP contribution in [0.4, 0.5) is 5.69 Å². The second-order valence-electron chi connectivity index (χ2n) is 12.0. The van der Waals surface area contributed by atoms with Gasteiger partial charge in [-0.15, -0.1) is 0 Å². The van der Waals surface area contributed by atoms with Gasteiger partial charge < -0.3 is 29.7 Å². The molecule has 4 heterocycles. The zero-order chi connectivity index (χ0) is 31.9. The minimum Gasteiger partial charge on any atom is -0.455 e. The van der Waals surface area contributed by atoms with E-state index in [0.29, 0.717) is 22.7 Å². The van der Waals surface area contributed by atoms with Crippen molar-refractivity contribution in [2.75, 3.05) is 18.1 Å². The molecule has 0 saturated carbocycles. The lowest BCUT2D eigenvalue weighted by Gasteiger charge is -2.37. The van der Waals surface area contributed by atoms with Crippen molar-refractivity contribution in [2.24, 2.45) is 11.8 Å². The molecule has 8 atom stereocenters. The Morgan fingerprint density at radius 2 is 1.78 bits per heavy atom. The molecule has 1 spiro atoms. The Labute approximate surface area is 266 Å². The van der Waals surface area contributed by atoms with Crippen molar-refractivity contribution in [3.8, 4) is 0 Å². The van der Waals surface area contributed by atoms with Gasteiger partial charge in [-0.2, -0.15) is 0 Å². The van der Waals surface area contributed by atoms with Crippen LogP contribution in [0.5, 0.6) is 0 Å². The summed E-state index contributed by atoms with van der Waals surface area (Å²) in [5, 5.41) is 13.7. The first kappa shape index (κ1) is 31.0. The van der Waals surface area contributed by atoms with Crippen LogP contribution in [0.3, 0.4) is 0 Å². The van der Waals surface area contributed by atoms with E-state index >= 15 is 0 Å². The van der Waals surface area contributed by atoms with E-state index in [1.165, 1.54) is 9.80 Å². The number of nitrogens with zero attached hydrogens (tertiary/aromatic N) is 2. The van der Waals surface area contributed by atoms with Crippen LogP contribution < -0.4 is 10.2 Å². The number of carbonyl (C=O) groups excluding carboxylic acids is 4. The Balaban J connectivity index is 1.45. The fourth-order valence-electron chi connectivity index (χ4n) is 7.03. The minimum atomic E-state index is -1.45. The van der Waals surface area contributed by atoms with Crippen molar-refractivity contribution in [1.82, 2.24) is 10.2 Å². The molecule has 10 nitrogen and oxygen atoms in total. The number of likely N-dealkylation sites (tertiary alicyclic amines) is 1. The standard InChI is InChI=1S/C34H36ClN3O7/c1-20(19-39)38-30-32(42)37(24-14-12-23(35)13-15-24)18-8-4-7-11-26(40)36-21(2)29(22-9-5-3-6-10-22)44-33(43)27-25-16-17-34(30,45-25)28(27)31(38)41/h3-6,8-10,12-17,20-21,25,27-30,39H,7,11,18-19H2,1-2H3,(H,36,40)/b8-4-/t20-,21-,25+,27-,28-,29+,30+,34-/m1/s1. The first-order valence-corrected chi connectivity index (χ1v) is 15.6. The Bertz CT molecular complexity index is 1530. The number of nitrogens with one attached hydrogen (secondary N) is 1. The smallest absolute Gasteiger partial charge is 0.313 e. The van der Waals surface area contributed by atoms with Gasteiger partial charge in [-0.3, -0.25) is 19.2 Å². The number of benzene rings is 2. The number of rotatable bonds is 4. The molecule has 45 heavy (non-hydrogen) atoms. The van der Waals surface area contributed by atoms with Crippen LogP contribution in [0.25, 0.3) is 0 Å². The summed E-state index contributed by atoms with van der Waals surface area (Å²) in [5.74, 6) is -3.87. The second kappa shape index (κ2) is 12.4. The lowest BCUT2D eigenvalue weighted by Crippen LogP contribution is -2.58. The quantitative estimate of drug-likeness (QED) is 0.391. The predicted octanol–water partition coefficient (Wildman–Crippen LogP) is 3.34. The van der Waals surface area contributed by atoms with E-state index in [0.717, 1.165) is 0 Å². The lowest BCUT2D eigenvalue weighted by molar-refractivity contribution is -0.161. The molecule has 0 aliphatic carbocycles. The van der Waals surface area contributed by atoms with E-state index in [4.69, 9.17) is 21.1 Å². The average Bonchev–Trinajstić information content (AvgIpc) is 3.68. The molecule has 2 aromatic rings. The Morgan fingerprint density at radius 1 is 1.04 bits per heavy atom. The Morgan fingerprint density at radius 3 is 2.49 bits per heavy atom. The summed E-state index contributed by atoms with van der Waals surface area (Å²) < 4.78 is 12.6. The van der Waals surface area contributed by atoms with Crippen molar-refractivity contribution in [3.63, 3.8) is 0 Å². The zero-order valence-corrected chi connectivity index (χ0v) is 25.8. The minimum absolute atomic E-state index is 0.139. The highest BCUT2D eigenvalue weighted by Crippen LogP contribution is 2.56. The highest BCUT2D eigenvalue weighted by molar-refractivity contribution is 6.30. The van der Waals surface area contributed by atoms with Crippen LogP contribution in [0.1, 0.15) is 38.4 Å². The van der Waals surface area contributed by atoms with Gasteiger partial charge in [-0.05, 0) is 50.1 Å². The van der Waals surface area contributed by atoms with Crippen molar-refractivity contribution < 1.29 is 33.8 Å². The number of esters is 1. The molecule has 2 N–H and O–H groups in total. The number of anilines is 1. The number of aliphatic hydroxyl groups is 1. The topological polar surface area (TPSA) is 125 Å². The van der Waals surface area contributed by atoms with Gasteiger partial charge in [0.1, 0.15) is 23.7 Å². The summed E-state index contributed by atoms with van der Waals surface area (Å²) in [7, 11) is 0. The van der Waals surface area contributed by atoms with E-state index < -0.39 is 72.2 Å². The maximum atomic E-state index is 14.7. The van der Waals surface area contributed by atoms with Gasteiger partial charge in [0.25, 0.3) is 5.91 Å². The van der Waals surface area contributed by atoms with Gasteiger partial charge in [0.15, 0.2) is 0 Å². The molecule has 2 saturated heterocycles. The Kier molecular flexibility index (Phi) is 8.56. The molecule has 236 valence electrons. The number of ether oxygens (including phenoxy) is 2. The molecule has 0 aromatic heterocycles. The third-order valence-corrected chi connectivity index (χ3v) is 9.42. The normalized spacial score (nSPS) is 33.2. The van der Waals surface area contributed by atoms with Crippen molar-refractivity contribution in [3.05, 3.63) is 89.5 Å². The third-order valence-electron chi connectivity index (χ3n) is 9.17. The van der Waals surface area contributed by atoms with Gasteiger partial charge >= 0.3 is 5.97 Å². The summed E-state index contributed by atoms with van der Waals surface area (Å²) in [5.41, 5.74) is -0.220. The Hall–Kier alpha value is -3.99. The summed E-state index contributed by atoms with van der Waals surface area (Å²) in [6.45, 7) is 3.18. The van der Waals surface area contributed by atoms with E-state index in [1.807, 2.05) is 36.4 Å². The number of cyclic esters (lactones) is 1. The van der Waals surface area contributed by atoms with Crippen LogP contribution in [0.2, 0.25) is 5.02 Å². The van der Waals surface area contributed by atoms with E-state index in [2.05, 4.69) is 5.32 Å². The van der Waals surface area contributed by atoms with Crippen molar-refractivity contribution in [2.45, 2.75) is 62.6 Å². The predicted molar refractivity (Wildman–Crippen MR) is 166 cm³/mol. The summed E-state index contributed by atoms with van der Waals surface area (Å²) in [4.78, 5) is 58.9. The SMILES string of the molecule is C[C@H](CO)N1C(=O)[C@H]2[C@@H]3C(=O)O[C@H](c4ccccc4)[C@@H](C)NC(=O)CC/C=C\CN(c4ccc(Cl)cc4)C(=O)[C@H]1[C@@]21C=C[C@@H]3O1. The fraction of sp³-hybridized carbons (Fsp3) is 0.412. The fourth-order valence-corrected chi connectivity index (χ4v) is 7.16. The number of amides is 3. The zero-order valence-electron chi connectivity index (χ0n) is 25.0. The molecule has 2 fully saturated rings. The third kappa shape index (κ3) is 5.45. The van der Waals surface area contributed by atoms with Crippen molar-refractivity contribution >= 4 is 41.0 Å². The second-order valence-corrected chi connectivity index (χ2v) is 12.5. The molecule has 3 amide bonds. The monoisotopic (exact) mass is 633 g/mol. The number of allylic oxidation sites excluding steroid dienone is 1. The number of halogens is 1. The molecule has 5 bridgehead atoms. The number of hydrogen-bond acceptors (Lipinski definition) is 7. The molecule has 2 aromatic carbocycles. The lowest BCUT2D eigenvalue weighted by atomic mass is 9.74. The first-order valence-electron chi connectivity index (χ1n) is 15.2. The number of aliphatic hydroxyl groups excluding tert-OH is 1. The molecule has 11 heteroatoms. The van der Waals surface area contributed by atoms with Gasteiger partial charge in [-0.25, -0.2) is 0 Å². The van der Waals surface area contributed by atoms with Crippen LogP contribution >= 0.6 is 11.6 Å². The molecule has 0 radical (unpaired) electrons.